The number of nitrogens with one attached hydrogen (secondary N) is 2. The van der Waals surface area contributed by atoms with Crippen LogP contribution in [0.1, 0.15) is 20.8 Å². The van der Waals surface area contributed by atoms with Gasteiger partial charge in [0, 0.05) is 43.5 Å². The van der Waals surface area contributed by atoms with Gasteiger partial charge in [-0.05, 0) is 41.1 Å². The van der Waals surface area contributed by atoms with Crippen LogP contribution < -0.4 is 10.6 Å². The third kappa shape index (κ3) is 8.21. The number of likely N-dealkylation sites (N-methyl/N-ethyl adjacent to an activating group) is 2. The Morgan fingerprint density at radius 1 is 1.27 bits per heavy atom. The molecule has 22 heavy (non-hydrogen) atoms. The molecular formula is C15H34IN5S. The molecule has 1 fully saturated rings. The Morgan fingerprint density at radius 3 is 2.55 bits per heavy atom. The van der Waals surface area contributed by atoms with Crippen molar-refractivity contribution in [2.75, 3.05) is 59.6 Å². The lowest BCUT2D eigenvalue weighted by Gasteiger charge is -2.38. The standard InChI is InChI=1S/C15H33N5S.HI/c1-7-16-14(18-12-15(2,3)21-6)17-10-13-11-19(4)8-9-20(13)5;/h13H,7-12H2,1-6H3,(H2,16,17,18);1H. The predicted octanol–water partition coefficient (Wildman–Crippen LogP) is 1.55. The normalized spacial score (nSPS) is 21.4. The quantitative estimate of drug-likeness (QED) is 0.371. The van der Waals surface area contributed by atoms with Crippen molar-refractivity contribution in [3.8, 4) is 0 Å². The van der Waals surface area contributed by atoms with E-state index in [1.165, 1.54) is 0 Å². The number of guanidine groups is 1. The number of piperazine rings is 1. The summed E-state index contributed by atoms with van der Waals surface area (Å²) >= 11 is 1.86. The van der Waals surface area contributed by atoms with Crippen LogP contribution in [0, 0.1) is 0 Å². The number of hydrogen-bond acceptors (Lipinski definition) is 4. The van der Waals surface area contributed by atoms with Crippen molar-refractivity contribution in [3.05, 3.63) is 0 Å². The Morgan fingerprint density at radius 2 is 1.95 bits per heavy atom. The zero-order valence-electron chi connectivity index (χ0n) is 15.0. The van der Waals surface area contributed by atoms with E-state index in [2.05, 4.69) is 61.6 Å². The molecule has 0 spiro atoms. The van der Waals surface area contributed by atoms with Crippen LogP contribution >= 0.6 is 35.7 Å². The molecule has 132 valence electrons. The van der Waals surface area contributed by atoms with E-state index in [4.69, 9.17) is 4.99 Å². The maximum absolute atomic E-state index is 4.73. The van der Waals surface area contributed by atoms with Gasteiger partial charge < -0.3 is 15.5 Å². The van der Waals surface area contributed by atoms with Gasteiger partial charge in [-0.25, -0.2) is 0 Å². The molecule has 1 aliphatic heterocycles. The lowest BCUT2D eigenvalue weighted by molar-refractivity contribution is 0.116. The van der Waals surface area contributed by atoms with Gasteiger partial charge in [-0.2, -0.15) is 11.8 Å². The summed E-state index contributed by atoms with van der Waals surface area (Å²) in [5.74, 6) is 0.932. The minimum Gasteiger partial charge on any atom is -0.357 e. The van der Waals surface area contributed by atoms with E-state index >= 15 is 0 Å². The highest BCUT2D eigenvalue weighted by Crippen LogP contribution is 2.20. The Hall–Kier alpha value is 0.270. The summed E-state index contributed by atoms with van der Waals surface area (Å²) in [6.07, 6.45) is 2.14. The molecule has 1 heterocycles. The summed E-state index contributed by atoms with van der Waals surface area (Å²) in [4.78, 5) is 9.55. The Balaban J connectivity index is 0.00000441. The van der Waals surface area contributed by atoms with E-state index in [1.54, 1.807) is 0 Å². The fourth-order valence-corrected chi connectivity index (χ4v) is 2.41. The maximum atomic E-state index is 4.73. The van der Waals surface area contributed by atoms with E-state index < -0.39 is 0 Å². The van der Waals surface area contributed by atoms with Crippen LogP contribution in [0.25, 0.3) is 0 Å². The van der Waals surface area contributed by atoms with Crippen LogP contribution in [0.2, 0.25) is 0 Å². The first-order valence-electron chi connectivity index (χ1n) is 7.84. The fraction of sp³-hybridized carbons (Fsp3) is 0.933. The van der Waals surface area contributed by atoms with Crippen LogP contribution in [0.5, 0.6) is 0 Å². The molecule has 1 saturated heterocycles. The topological polar surface area (TPSA) is 42.9 Å². The minimum absolute atomic E-state index is 0. The van der Waals surface area contributed by atoms with Crippen molar-refractivity contribution in [2.24, 2.45) is 4.99 Å². The monoisotopic (exact) mass is 443 g/mol. The van der Waals surface area contributed by atoms with Crippen LogP contribution in [-0.2, 0) is 0 Å². The summed E-state index contributed by atoms with van der Waals surface area (Å²) in [6.45, 7) is 12.6. The van der Waals surface area contributed by atoms with Gasteiger partial charge >= 0.3 is 0 Å². The van der Waals surface area contributed by atoms with E-state index in [9.17, 15) is 0 Å². The predicted molar refractivity (Wildman–Crippen MR) is 111 cm³/mol. The van der Waals surface area contributed by atoms with Crippen LogP contribution in [0.3, 0.4) is 0 Å². The molecule has 2 N–H and O–H groups in total. The first-order valence-corrected chi connectivity index (χ1v) is 9.06. The van der Waals surface area contributed by atoms with E-state index in [0.717, 1.165) is 45.2 Å². The zero-order valence-corrected chi connectivity index (χ0v) is 18.1. The fourth-order valence-electron chi connectivity index (χ4n) is 2.21. The Labute approximate surface area is 158 Å². The van der Waals surface area contributed by atoms with E-state index in [0.29, 0.717) is 6.04 Å². The summed E-state index contributed by atoms with van der Waals surface area (Å²) < 4.78 is 0.185. The first-order chi connectivity index (χ1) is 9.88. The summed E-state index contributed by atoms with van der Waals surface area (Å²) in [7, 11) is 4.40. The van der Waals surface area contributed by atoms with E-state index in [1.807, 2.05) is 11.8 Å². The first kappa shape index (κ1) is 22.3. The zero-order chi connectivity index (χ0) is 15.9. The molecule has 0 aromatic carbocycles. The number of thioether (sulfide) groups is 1. The largest absolute Gasteiger partial charge is 0.357 e. The molecule has 1 aliphatic rings. The van der Waals surface area contributed by atoms with Crippen molar-refractivity contribution in [1.82, 2.24) is 20.4 Å². The average molecular weight is 443 g/mol. The highest BCUT2D eigenvalue weighted by molar-refractivity contribution is 14.0. The van der Waals surface area contributed by atoms with Gasteiger partial charge in [0.05, 0.1) is 6.54 Å². The van der Waals surface area contributed by atoms with Crippen LogP contribution in [0.4, 0.5) is 0 Å². The molecule has 0 radical (unpaired) electrons. The van der Waals surface area contributed by atoms with Crippen molar-refractivity contribution in [2.45, 2.75) is 31.6 Å². The van der Waals surface area contributed by atoms with Gasteiger partial charge in [-0.3, -0.25) is 9.89 Å². The molecular weight excluding hydrogens is 409 g/mol. The number of aliphatic imine (C=N–C) groups is 1. The second kappa shape index (κ2) is 10.9. The van der Waals surface area contributed by atoms with Gasteiger partial charge in [-0.15, -0.1) is 24.0 Å². The second-order valence-corrected chi connectivity index (χ2v) is 7.95. The molecule has 7 heteroatoms. The van der Waals surface area contributed by atoms with Gasteiger partial charge in [0.25, 0.3) is 0 Å². The average Bonchev–Trinajstić information content (AvgIpc) is 2.45. The van der Waals surface area contributed by atoms with Crippen molar-refractivity contribution >= 4 is 41.7 Å². The number of hydrogen-bond donors (Lipinski definition) is 2. The smallest absolute Gasteiger partial charge is 0.191 e. The summed E-state index contributed by atoms with van der Waals surface area (Å²) in [6, 6.07) is 0.543. The SMILES string of the molecule is CCNC(=NCC(C)(C)SC)NCC1CN(C)CCN1C.I. The van der Waals surface area contributed by atoms with Crippen molar-refractivity contribution in [1.29, 1.82) is 0 Å². The van der Waals surface area contributed by atoms with E-state index in [-0.39, 0.29) is 28.7 Å². The van der Waals surface area contributed by atoms with Crippen molar-refractivity contribution < 1.29 is 0 Å². The maximum Gasteiger partial charge on any atom is 0.191 e. The number of halogens is 1. The molecule has 0 aromatic heterocycles. The molecule has 0 aromatic rings. The lowest BCUT2D eigenvalue weighted by atomic mass is 10.2. The van der Waals surface area contributed by atoms with Gasteiger partial charge in [0.2, 0.25) is 0 Å². The Bertz CT molecular complexity index is 338. The molecule has 1 atom stereocenters. The molecule has 0 saturated carbocycles. The minimum atomic E-state index is 0. The third-order valence-corrected chi connectivity index (χ3v) is 5.23. The molecule has 0 bridgehead atoms. The summed E-state index contributed by atoms with van der Waals surface area (Å²) in [5.41, 5.74) is 0. The molecule has 0 amide bonds. The van der Waals surface area contributed by atoms with Gasteiger partial charge in [-0.1, -0.05) is 0 Å². The molecule has 1 rings (SSSR count). The number of rotatable bonds is 6. The summed E-state index contributed by atoms with van der Waals surface area (Å²) in [5, 5.41) is 6.84. The number of nitrogens with zero attached hydrogens (tertiary/aromatic N) is 3. The Kier molecular flexibility index (Phi) is 11.1. The molecule has 5 nitrogen and oxygen atoms in total. The van der Waals surface area contributed by atoms with Crippen molar-refractivity contribution in [3.63, 3.8) is 0 Å². The van der Waals surface area contributed by atoms with Gasteiger partial charge in [0.1, 0.15) is 0 Å². The lowest BCUT2D eigenvalue weighted by Crippen LogP contribution is -2.55. The molecule has 0 aliphatic carbocycles. The second-order valence-electron chi connectivity index (χ2n) is 6.44. The highest BCUT2D eigenvalue weighted by atomic mass is 127. The van der Waals surface area contributed by atoms with Crippen LogP contribution in [0.15, 0.2) is 4.99 Å². The van der Waals surface area contributed by atoms with Gasteiger partial charge in [0.15, 0.2) is 5.96 Å². The highest BCUT2D eigenvalue weighted by Gasteiger charge is 2.22. The third-order valence-electron chi connectivity index (χ3n) is 4.00. The van der Waals surface area contributed by atoms with Crippen LogP contribution in [-0.4, -0.2) is 86.2 Å². The molecule has 1 unspecified atom stereocenters.